The molecule has 1 aromatic heterocycles. The van der Waals surface area contributed by atoms with E-state index >= 15 is 0 Å². The first-order valence-corrected chi connectivity index (χ1v) is 7.89. The van der Waals surface area contributed by atoms with E-state index in [1.54, 1.807) is 19.1 Å². The summed E-state index contributed by atoms with van der Waals surface area (Å²) < 4.78 is 0. The summed E-state index contributed by atoms with van der Waals surface area (Å²) >= 11 is 0. The fourth-order valence-corrected chi connectivity index (χ4v) is 3.11. The summed E-state index contributed by atoms with van der Waals surface area (Å²) in [7, 11) is 0. The zero-order valence-corrected chi connectivity index (χ0v) is 13.4. The van der Waals surface area contributed by atoms with Gasteiger partial charge in [0.15, 0.2) is 0 Å². The molecule has 1 atom stereocenters. The van der Waals surface area contributed by atoms with Crippen LogP contribution in [-0.2, 0) is 6.42 Å². The number of hydrogen-bond acceptors (Lipinski definition) is 3. The molecular formula is C18H21N3O2. The van der Waals surface area contributed by atoms with E-state index in [9.17, 15) is 9.59 Å². The van der Waals surface area contributed by atoms with Crippen LogP contribution in [0.5, 0.6) is 0 Å². The van der Waals surface area contributed by atoms with E-state index in [1.165, 1.54) is 11.3 Å². The van der Waals surface area contributed by atoms with Gasteiger partial charge in [-0.1, -0.05) is 18.2 Å². The van der Waals surface area contributed by atoms with Crippen molar-refractivity contribution in [3.63, 3.8) is 0 Å². The Morgan fingerprint density at radius 2 is 2.09 bits per heavy atom. The second kappa shape index (κ2) is 6.28. The summed E-state index contributed by atoms with van der Waals surface area (Å²) in [4.78, 5) is 28.9. The van der Waals surface area contributed by atoms with E-state index in [2.05, 4.69) is 40.3 Å². The molecule has 1 aromatic carbocycles. The Labute approximate surface area is 135 Å². The normalized spacial score (nSPS) is 16.3. The Kier molecular flexibility index (Phi) is 4.19. The number of para-hydroxylation sites is 1. The van der Waals surface area contributed by atoms with Crippen molar-refractivity contribution >= 4 is 11.6 Å². The molecular weight excluding hydrogens is 290 g/mol. The predicted octanol–water partition coefficient (Wildman–Crippen LogP) is 1.86. The van der Waals surface area contributed by atoms with Gasteiger partial charge in [0.1, 0.15) is 5.56 Å². The number of aromatic nitrogens is 1. The van der Waals surface area contributed by atoms with Crippen LogP contribution in [0.2, 0.25) is 0 Å². The highest BCUT2D eigenvalue weighted by atomic mass is 16.2. The van der Waals surface area contributed by atoms with E-state index in [0.717, 1.165) is 18.7 Å². The lowest BCUT2D eigenvalue weighted by Crippen LogP contribution is -2.39. The molecule has 1 aliphatic heterocycles. The number of hydrogen-bond donors (Lipinski definition) is 2. The van der Waals surface area contributed by atoms with Crippen molar-refractivity contribution in [2.24, 2.45) is 0 Å². The van der Waals surface area contributed by atoms with E-state index in [4.69, 9.17) is 0 Å². The van der Waals surface area contributed by atoms with Gasteiger partial charge in [-0.2, -0.15) is 0 Å². The average Bonchev–Trinajstić information content (AvgIpc) is 2.83. The number of nitrogens with one attached hydrogen (secondary N) is 2. The van der Waals surface area contributed by atoms with Crippen molar-refractivity contribution < 1.29 is 4.79 Å². The minimum absolute atomic E-state index is 0.158. The van der Waals surface area contributed by atoms with Crippen LogP contribution in [0.3, 0.4) is 0 Å². The first-order chi connectivity index (χ1) is 11.1. The lowest BCUT2D eigenvalue weighted by molar-refractivity contribution is 0.0953. The van der Waals surface area contributed by atoms with Gasteiger partial charge in [0.2, 0.25) is 0 Å². The zero-order chi connectivity index (χ0) is 16.4. The number of aromatic amines is 1. The molecule has 0 saturated carbocycles. The second-order valence-corrected chi connectivity index (χ2v) is 6.02. The highest BCUT2D eigenvalue weighted by Crippen LogP contribution is 2.31. The topological polar surface area (TPSA) is 65.2 Å². The van der Waals surface area contributed by atoms with Gasteiger partial charge in [0.05, 0.1) is 0 Å². The number of benzene rings is 1. The number of anilines is 1. The van der Waals surface area contributed by atoms with E-state index in [0.29, 0.717) is 12.6 Å². The lowest BCUT2D eigenvalue weighted by atomic mass is 10.1. The number of carbonyl (C=O) groups is 1. The smallest absolute Gasteiger partial charge is 0.260 e. The molecule has 0 radical (unpaired) electrons. The SMILES string of the molecule is Cc1ccc(C(=O)NCCN2c3ccccc3C[C@H]2C)c(=O)[nH]1. The molecule has 2 aromatic rings. The Morgan fingerprint density at radius 1 is 1.30 bits per heavy atom. The Hall–Kier alpha value is -2.56. The third-order valence-corrected chi connectivity index (χ3v) is 4.29. The Morgan fingerprint density at radius 3 is 2.87 bits per heavy atom. The molecule has 120 valence electrons. The fourth-order valence-electron chi connectivity index (χ4n) is 3.11. The summed E-state index contributed by atoms with van der Waals surface area (Å²) in [5.74, 6) is -0.327. The summed E-state index contributed by atoms with van der Waals surface area (Å²) in [6.45, 7) is 5.21. The van der Waals surface area contributed by atoms with Gasteiger partial charge < -0.3 is 15.2 Å². The summed E-state index contributed by atoms with van der Waals surface area (Å²) in [5, 5.41) is 2.84. The van der Waals surface area contributed by atoms with Crippen LogP contribution in [-0.4, -0.2) is 30.0 Å². The maximum atomic E-state index is 12.1. The Bertz CT molecular complexity index is 782. The van der Waals surface area contributed by atoms with Crippen LogP contribution in [0, 0.1) is 6.92 Å². The minimum atomic E-state index is -0.345. The molecule has 0 saturated heterocycles. The van der Waals surface area contributed by atoms with Crippen molar-refractivity contribution in [2.45, 2.75) is 26.3 Å². The van der Waals surface area contributed by atoms with Crippen molar-refractivity contribution in [2.75, 3.05) is 18.0 Å². The number of nitrogens with zero attached hydrogens (tertiary/aromatic N) is 1. The number of pyridine rings is 1. The van der Waals surface area contributed by atoms with Crippen LogP contribution in [0.25, 0.3) is 0 Å². The van der Waals surface area contributed by atoms with Crippen LogP contribution < -0.4 is 15.8 Å². The van der Waals surface area contributed by atoms with E-state index in [-0.39, 0.29) is 17.0 Å². The predicted molar refractivity (Wildman–Crippen MR) is 91.1 cm³/mol. The van der Waals surface area contributed by atoms with Gasteiger partial charge in [0.25, 0.3) is 11.5 Å². The van der Waals surface area contributed by atoms with Crippen molar-refractivity contribution in [1.82, 2.24) is 10.3 Å². The minimum Gasteiger partial charge on any atom is -0.367 e. The van der Waals surface area contributed by atoms with Crippen LogP contribution >= 0.6 is 0 Å². The van der Waals surface area contributed by atoms with Gasteiger partial charge >= 0.3 is 0 Å². The van der Waals surface area contributed by atoms with Crippen LogP contribution in [0.4, 0.5) is 5.69 Å². The highest BCUT2D eigenvalue weighted by molar-refractivity contribution is 5.93. The highest BCUT2D eigenvalue weighted by Gasteiger charge is 2.25. The van der Waals surface area contributed by atoms with Gasteiger partial charge in [-0.3, -0.25) is 9.59 Å². The monoisotopic (exact) mass is 311 g/mol. The molecule has 2 N–H and O–H groups in total. The number of H-pyrrole nitrogens is 1. The number of rotatable bonds is 4. The number of aryl methyl sites for hydroxylation is 1. The molecule has 3 rings (SSSR count). The average molecular weight is 311 g/mol. The molecule has 5 heteroatoms. The Balaban J connectivity index is 1.61. The molecule has 0 bridgehead atoms. The second-order valence-electron chi connectivity index (χ2n) is 6.02. The van der Waals surface area contributed by atoms with Crippen molar-refractivity contribution in [1.29, 1.82) is 0 Å². The molecule has 0 unspecified atom stereocenters. The molecule has 1 aliphatic rings. The maximum Gasteiger partial charge on any atom is 0.260 e. The van der Waals surface area contributed by atoms with Gasteiger partial charge in [0, 0.05) is 30.5 Å². The van der Waals surface area contributed by atoms with Crippen molar-refractivity contribution in [3.05, 3.63) is 63.6 Å². The number of carbonyl (C=O) groups excluding carboxylic acids is 1. The van der Waals surface area contributed by atoms with Gasteiger partial charge in [-0.25, -0.2) is 0 Å². The quantitative estimate of drug-likeness (QED) is 0.906. The summed E-state index contributed by atoms with van der Waals surface area (Å²) in [6, 6.07) is 12.1. The first-order valence-electron chi connectivity index (χ1n) is 7.89. The van der Waals surface area contributed by atoms with Crippen LogP contribution in [0.1, 0.15) is 28.5 Å². The third kappa shape index (κ3) is 3.13. The maximum absolute atomic E-state index is 12.1. The standard InChI is InChI=1S/C18H21N3O2/c1-12-7-8-15(18(23)20-12)17(22)19-9-10-21-13(2)11-14-5-3-4-6-16(14)21/h3-8,13H,9-11H2,1-2H3,(H,19,22)(H,20,23)/t13-/m1/s1. The van der Waals surface area contributed by atoms with E-state index in [1.807, 2.05) is 6.07 Å². The molecule has 5 nitrogen and oxygen atoms in total. The van der Waals surface area contributed by atoms with E-state index < -0.39 is 0 Å². The van der Waals surface area contributed by atoms with Crippen molar-refractivity contribution in [3.8, 4) is 0 Å². The van der Waals surface area contributed by atoms with Gasteiger partial charge in [-0.05, 0) is 44.0 Å². The largest absolute Gasteiger partial charge is 0.367 e. The molecule has 0 fully saturated rings. The lowest BCUT2D eigenvalue weighted by Gasteiger charge is -2.25. The number of amides is 1. The fraction of sp³-hybridized carbons (Fsp3) is 0.333. The molecule has 23 heavy (non-hydrogen) atoms. The molecule has 1 amide bonds. The molecule has 0 aliphatic carbocycles. The van der Waals surface area contributed by atoms with Gasteiger partial charge in [-0.15, -0.1) is 0 Å². The summed E-state index contributed by atoms with van der Waals surface area (Å²) in [5.41, 5.74) is 3.14. The van der Waals surface area contributed by atoms with Crippen LogP contribution in [0.15, 0.2) is 41.2 Å². The summed E-state index contributed by atoms with van der Waals surface area (Å²) in [6.07, 6.45) is 1.03. The molecule has 0 spiro atoms. The number of fused-ring (bicyclic) bond motifs is 1. The third-order valence-electron chi connectivity index (χ3n) is 4.29. The first kappa shape index (κ1) is 15.3. The zero-order valence-electron chi connectivity index (χ0n) is 13.4. The molecule has 2 heterocycles.